The fourth-order valence-corrected chi connectivity index (χ4v) is 2.28. The number of nitrogens with one attached hydrogen (secondary N) is 1. The van der Waals surface area contributed by atoms with Crippen LogP contribution in [-0.4, -0.2) is 25.1 Å². The summed E-state index contributed by atoms with van der Waals surface area (Å²) in [6.07, 6.45) is 2.22. The Morgan fingerprint density at radius 1 is 1.15 bits per heavy atom. The van der Waals surface area contributed by atoms with Crippen molar-refractivity contribution < 1.29 is 32.2 Å². The summed E-state index contributed by atoms with van der Waals surface area (Å²) < 4.78 is 47.2. The lowest BCUT2D eigenvalue weighted by molar-refractivity contribution is -0.142. The smallest absolute Gasteiger partial charge is 0.387 e. The number of hydrogen-bond donors (Lipinski definition) is 1. The van der Waals surface area contributed by atoms with E-state index in [0.717, 1.165) is 6.08 Å². The maximum atomic E-state index is 13.5. The maximum Gasteiger partial charge on any atom is 0.387 e. The van der Waals surface area contributed by atoms with Crippen molar-refractivity contribution in [3.05, 3.63) is 64.4 Å². The Kier molecular flexibility index (Phi) is 7.42. The maximum absolute atomic E-state index is 13.5. The van der Waals surface area contributed by atoms with E-state index in [-0.39, 0.29) is 11.3 Å². The van der Waals surface area contributed by atoms with E-state index in [9.17, 15) is 22.8 Å². The Bertz CT molecular complexity index is 841. The van der Waals surface area contributed by atoms with E-state index in [1.807, 2.05) is 0 Å². The molecule has 0 fully saturated rings. The number of rotatable bonds is 7. The van der Waals surface area contributed by atoms with E-state index < -0.39 is 30.9 Å². The lowest BCUT2D eigenvalue weighted by atomic mass is 10.2. The number of carbonyl (C=O) groups is 2. The average Bonchev–Trinajstić information content (AvgIpc) is 2.62. The summed E-state index contributed by atoms with van der Waals surface area (Å²) in [5.74, 6) is -2.03. The number of alkyl halides is 2. The SMILES string of the molecule is O=C(COC(=O)/C=C/c1cc(Br)ccc1F)Nc1ccc(OC(F)F)cc1. The van der Waals surface area contributed by atoms with Gasteiger partial charge in [0.1, 0.15) is 11.6 Å². The second kappa shape index (κ2) is 9.77. The van der Waals surface area contributed by atoms with Gasteiger partial charge in [0.15, 0.2) is 6.61 Å². The molecular weight excluding hydrogens is 431 g/mol. The van der Waals surface area contributed by atoms with Crippen molar-refractivity contribution in [1.29, 1.82) is 0 Å². The number of benzene rings is 2. The van der Waals surface area contributed by atoms with Gasteiger partial charge >= 0.3 is 12.6 Å². The van der Waals surface area contributed by atoms with Gasteiger partial charge in [-0.3, -0.25) is 4.79 Å². The molecule has 5 nitrogen and oxygen atoms in total. The van der Waals surface area contributed by atoms with Crippen LogP contribution in [0.4, 0.5) is 18.9 Å². The molecule has 2 aromatic rings. The Balaban J connectivity index is 1.81. The summed E-state index contributed by atoms with van der Waals surface area (Å²) in [5.41, 5.74) is 0.487. The van der Waals surface area contributed by atoms with Crippen molar-refractivity contribution in [3.8, 4) is 5.75 Å². The summed E-state index contributed by atoms with van der Waals surface area (Å²) in [4.78, 5) is 23.3. The molecule has 0 aromatic heterocycles. The summed E-state index contributed by atoms with van der Waals surface area (Å²) in [7, 11) is 0. The van der Waals surface area contributed by atoms with Crippen LogP contribution >= 0.6 is 15.9 Å². The van der Waals surface area contributed by atoms with Gasteiger partial charge in [-0.1, -0.05) is 15.9 Å². The van der Waals surface area contributed by atoms with Crippen molar-refractivity contribution in [1.82, 2.24) is 0 Å². The van der Waals surface area contributed by atoms with Gasteiger partial charge in [0.25, 0.3) is 5.91 Å². The van der Waals surface area contributed by atoms with Crippen LogP contribution in [0.25, 0.3) is 6.08 Å². The Labute approximate surface area is 160 Å². The topological polar surface area (TPSA) is 64.6 Å². The van der Waals surface area contributed by atoms with Gasteiger partial charge < -0.3 is 14.8 Å². The molecule has 1 amide bonds. The highest BCUT2D eigenvalue weighted by Gasteiger charge is 2.08. The number of ether oxygens (including phenoxy) is 2. The first kappa shape index (κ1) is 20.5. The third-order valence-corrected chi connectivity index (χ3v) is 3.56. The number of carbonyl (C=O) groups excluding carboxylic acids is 2. The summed E-state index contributed by atoms with van der Waals surface area (Å²) in [6.45, 7) is -3.51. The molecule has 0 bridgehead atoms. The van der Waals surface area contributed by atoms with E-state index in [1.54, 1.807) is 0 Å². The number of halogens is 4. The predicted octanol–water partition coefficient (Wildman–Crippen LogP) is 4.38. The van der Waals surface area contributed by atoms with Crippen LogP contribution in [0.1, 0.15) is 5.56 Å². The Morgan fingerprint density at radius 3 is 2.52 bits per heavy atom. The summed E-state index contributed by atoms with van der Waals surface area (Å²) in [5, 5.41) is 2.42. The molecule has 0 saturated carbocycles. The summed E-state index contributed by atoms with van der Waals surface area (Å²) >= 11 is 3.19. The first-order valence-electron chi connectivity index (χ1n) is 7.48. The molecule has 2 rings (SSSR count). The minimum absolute atomic E-state index is 0.0562. The molecule has 0 aliphatic heterocycles. The van der Waals surface area contributed by atoms with Crippen LogP contribution in [0.5, 0.6) is 5.75 Å². The zero-order valence-electron chi connectivity index (χ0n) is 13.6. The first-order chi connectivity index (χ1) is 12.8. The molecule has 0 aliphatic rings. The third-order valence-electron chi connectivity index (χ3n) is 3.07. The van der Waals surface area contributed by atoms with Crippen LogP contribution in [0.15, 0.2) is 53.0 Å². The molecule has 27 heavy (non-hydrogen) atoms. The van der Waals surface area contributed by atoms with Gasteiger partial charge in [0.05, 0.1) is 0 Å². The molecule has 2 aromatic carbocycles. The van der Waals surface area contributed by atoms with Crippen molar-refractivity contribution in [2.45, 2.75) is 6.61 Å². The minimum Gasteiger partial charge on any atom is -0.452 e. The van der Waals surface area contributed by atoms with Gasteiger partial charge in [0, 0.05) is 21.8 Å². The zero-order chi connectivity index (χ0) is 19.8. The highest BCUT2D eigenvalue weighted by atomic mass is 79.9. The van der Waals surface area contributed by atoms with Gasteiger partial charge in [-0.15, -0.1) is 0 Å². The molecule has 0 aliphatic carbocycles. The Hall–Kier alpha value is -2.81. The summed E-state index contributed by atoms with van der Waals surface area (Å²) in [6, 6.07) is 9.45. The van der Waals surface area contributed by atoms with Crippen LogP contribution < -0.4 is 10.1 Å². The molecule has 1 N–H and O–H groups in total. The monoisotopic (exact) mass is 443 g/mol. The molecule has 142 valence electrons. The molecule has 0 atom stereocenters. The van der Waals surface area contributed by atoms with E-state index in [4.69, 9.17) is 4.74 Å². The minimum atomic E-state index is -2.94. The fourth-order valence-electron chi connectivity index (χ4n) is 1.90. The molecule has 0 saturated heterocycles. The van der Waals surface area contributed by atoms with Crippen molar-refractivity contribution in [3.63, 3.8) is 0 Å². The molecule has 0 unspecified atom stereocenters. The second-order valence-electron chi connectivity index (χ2n) is 5.06. The van der Waals surface area contributed by atoms with Crippen LogP contribution in [-0.2, 0) is 14.3 Å². The van der Waals surface area contributed by atoms with E-state index >= 15 is 0 Å². The van der Waals surface area contributed by atoms with Gasteiger partial charge in [0.2, 0.25) is 0 Å². The predicted molar refractivity (Wildman–Crippen MR) is 95.8 cm³/mol. The van der Waals surface area contributed by atoms with E-state index in [0.29, 0.717) is 10.2 Å². The lowest BCUT2D eigenvalue weighted by Crippen LogP contribution is -2.20. The van der Waals surface area contributed by atoms with Gasteiger partial charge in [-0.25, -0.2) is 9.18 Å². The molecule has 0 heterocycles. The van der Waals surface area contributed by atoms with Crippen molar-refractivity contribution in [2.75, 3.05) is 11.9 Å². The molecule has 0 spiro atoms. The fraction of sp³-hybridized carbons (Fsp3) is 0.111. The van der Waals surface area contributed by atoms with Gasteiger partial charge in [-0.05, 0) is 48.5 Å². The lowest BCUT2D eigenvalue weighted by Gasteiger charge is -2.07. The number of hydrogen-bond acceptors (Lipinski definition) is 4. The highest BCUT2D eigenvalue weighted by molar-refractivity contribution is 9.10. The number of amides is 1. The standard InChI is InChI=1S/C18H13BrF3NO4/c19-12-2-7-15(20)11(9-12)1-8-17(25)26-10-16(24)23-13-3-5-14(6-4-13)27-18(21)22/h1-9,18H,10H2,(H,23,24)/b8-1+. The van der Waals surface area contributed by atoms with Gasteiger partial charge in [-0.2, -0.15) is 8.78 Å². The number of esters is 1. The van der Waals surface area contributed by atoms with Crippen molar-refractivity contribution >= 4 is 39.6 Å². The van der Waals surface area contributed by atoms with E-state index in [2.05, 4.69) is 26.0 Å². The Morgan fingerprint density at radius 2 is 1.85 bits per heavy atom. The van der Waals surface area contributed by atoms with Crippen LogP contribution in [0.3, 0.4) is 0 Å². The first-order valence-corrected chi connectivity index (χ1v) is 8.27. The molecular formula is C18H13BrF3NO4. The zero-order valence-corrected chi connectivity index (χ0v) is 15.2. The third kappa shape index (κ3) is 7.14. The second-order valence-corrected chi connectivity index (χ2v) is 5.97. The van der Waals surface area contributed by atoms with Crippen LogP contribution in [0, 0.1) is 5.82 Å². The normalized spacial score (nSPS) is 10.9. The van der Waals surface area contributed by atoms with Crippen molar-refractivity contribution in [2.24, 2.45) is 0 Å². The highest BCUT2D eigenvalue weighted by Crippen LogP contribution is 2.18. The molecule has 0 radical (unpaired) electrons. The number of anilines is 1. The van der Waals surface area contributed by atoms with Crippen LogP contribution in [0.2, 0.25) is 0 Å². The quantitative estimate of drug-likeness (QED) is 0.509. The average molecular weight is 444 g/mol. The molecule has 9 heteroatoms. The largest absolute Gasteiger partial charge is 0.452 e. The van der Waals surface area contributed by atoms with E-state index in [1.165, 1.54) is 48.5 Å².